The summed E-state index contributed by atoms with van der Waals surface area (Å²) in [6.45, 7) is 3.99. The van der Waals surface area contributed by atoms with E-state index in [1.54, 1.807) is 0 Å². The Bertz CT molecular complexity index is 475. The van der Waals surface area contributed by atoms with Gasteiger partial charge >= 0.3 is 0 Å². The van der Waals surface area contributed by atoms with Crippen LogP contribution < -0.4 is 5.73 Å². The third-order valence-corrected chi connectivity index (χ3v) is 2.37. The average molecular weight is 199 g/mol. The summed E-state index contributed by atoms with van der Waals surface area (Å²) in [5, 5.41) is 7.97. The second kappa shape index (κ2) is 3.69. The highest BCUT2D eigenvalue weighted by Crippen LogP contribution is 2.19. The maximum absolute atomic E-state index is 5.62. The Hall–Kier alpha value is -1.90. The molecule has 2 rings (SSSR count). The van der Waals surface area contributed by atoms with Gasteiger partial charge in [0, 0.05) is 5.56 Å². The lowest BCUT2D eigenvalue weighted by Gasteiger charge is -2.03. The number of nitrogens with two attached hydrogens (primary N) is 1. The summed E-state index contributed by atoms with van der Waals surface area (Å²) >= 11 is 0. The van der Waals surface area contributed by atoms with E-state index >= 15 is 0 Å². The van der Waals surface area contributed by atoms with Gasteiger partial charge in [0.1, 0.15) is 5.82 Å². The molecule has 1 aromatic carbocycles. The number of rotatable bonds is 1. The summed E-state index contributed by atoms with van der Waals surface area (Å²) in [7, 11) is 0. The lowest BCUT2D eigenvalue weighted by atomic mass is 10.1. The largest absolute Gasteiger partial charge is 0.382 e. The molecule has 0 saturated carbocycles. The smallest absolute Gasteiger partial charge is 0.149 e. The summed E-state index contributed by atoms with van der Waals surface area (Å²) in [6.07, 6.45) is 0. The van der Waals surface area contributed by atoms with Gasteiger partial charge in [0.2, 0.25) is 0 Å². The van der Waals surface area contributed by atoms with Crippen molar-refractivity contribution in [2.45, 2.75) is 13.8 Å². The summed E-state index contributed by atoms with van der Waals surface area (Å²) in [6, 6.07) is 10.1. The number of benzene rings is 1. The minimum absolute atomic E-state index is 0.492. The molecule has 0 radical (unpaired) electrons. The van der Waals surface area contributed by atoms with Crippen LogP contribution in [0.2, 0.25) is 0 Å². The second-order valence-electron chi connectivity index (χ2n) is 3.66. The topological polar surface area (TPSA) is 51.8 Å². The maximum atomic E-state index is 5.62. The highest BCUT2D eigenvalue weighted by molar-refractivity contribution is 5.61. The molecule has 0 fully saturated rings. The molecule has 0 aliphatic carbocycles. The van der Waals surface area contributed by atoms with Crippen molar-refractivity contribution in [3.8, 4) is 11.3 Å². The molecule has 15 heavy (non-hydrogen) atoms. The predicted molar refractivity (Wildman–Crippen MR) is 61.4 cm³/mol. The predicted octanol–water partition coefficient (Wildman–Crippen LogP) is 2.34. The summed E-state index contributed by atoms with van der Waals surface area (Å²) in [5.74, 6) is 0.492. The Morgan fingerprint density at radius 3 is 2.27 bits per heavy atom. The van der Waals surface area contributed by atoms with E-state index in [0.717, 1.165) is 16.8 Å². The molecule has 3 nitrogen and oxygen atoms in total. The maximum Gasteiger partial charge on any atom is 0.149 e. The molecule has 2 N–H and O–H groups in total. The highest BCUT2D eigenvalue weighted by Gasteiger charge is 2.02. The van der Waals surface area contributed by atoms with Gasteiger partial charge in [0.15, 0.2) is 0 Å². The molecule has 2 aromatic rings. The zero-order valence-electron chi connectivity index (χ0n) is 8.86. The highest BCUT2D eigenvalue weighted by atomic mass is 15.1. The number of hydrogen-bond acceptors (Lipinski definition) is 3. The molecule has 0 bridgehead atoms. The standard InChI is InChI=1S/C12H13N3/c1-8-3-5-10(6-4-8)11-7-9(2)12(13)15-14-11/h3-7H,1-2H3,(H2,13,15). The van der Waals surface area contributed by atoms with Gasteiger partial charge in [-0.3, -0.25) is 0 Å². The van der Waals surface area contributed by atoms with Crippen LogP contribution in [0.1, 0.15) is 11.1 Å². The lowest BCUT2D eigenvalue weighted by molar-refractivity contribution is 1.03. The van der Waals surface area contributed by atoms with Crippen molar-refractivity contribution >= 4 is 5.82 Å². The van der Waals surface area contributed by atoms with Crippen molar-refractivity contribution in [3.63, 3.8) is 0 Å². The molecule has 3 heteroatoms. The molecule has 1 heterocycles. The zero-order valence-corrected chi connectivity index (χ0v) is 8.86. The van der Waals surface area contributed by atoms with Gasteiger partial charge in [-0.2, -0.15) is 0 Å². The minimum atomic E-state index is 0.492. The van der Waals surface area contributed by atoms with E-state index < -0.39 is 0 Å². The van der Waals surface area contributed by atoms with E-state index in [2.05, 4.69) is 29.3 Å². The molecule has 1 aromatic heterocycles. The van der Waals surface area contributed by atoms with Gasteiger partial charge in [0.05, 0.1) is 5.69 Å². The minimum Gasteiger partial charge on any atom is -0.382 e. The van der Waals surface area contributed by atoms with Crippen LogP contribution in [0.25, 0.3) is 11.3 Å². The Morgan fingerprint density at radius 1 is 1.00 bits per heavy atom. The first-order valence-electron chi connectivity index (χ1n) is 4.83. The van der Waals surface area contributed by atoms with E-state index in [0.29, 0.717) is 5.82 Å². The molecular formula is C12H13N3. The van der Waals surface area contributed by atoms with Crippen LogP contribution in [-0.2, 0) is 0 Å². The van der Waals surface area contributed by atoms with Gasteiger partial charge in [-0.05, 0) is 25.5 Å². The first-order valence-corrected chi connectivity index (χ1v) is 4.83. The number of nitrogen functional groups attached to an aromatic ring is 1. The average Bonchev–Trinajstić information content (AvgIpc) is 2.23. The summed E-state index contributed by atoms with van der Waals surface area (Å²) < 4.78 is 0. The number of hydrogen-bond donors (Lipinski definition) is 1. The lowest BCUT2D eigenvalue weighted by Crippen LogP contribution is -1.97. The number of nitrogens with zero attached hydrogens (tertiary/aromatic N) is 2. The summed E-state index contributed by atoms with van der Waals surface area (Å²) in [5.41, 5.74) is 9.74. The number of anilines is 1. The molecule has 0 atom stereocenters. The molecule has 0 amide bonds. The van der Waals surface area contributed by atoms with Crippen molar-refractivity contribution in [2.24, 2.45) is 0 Å². The Labute approximate surface area is 89.0 Å². The SMILES string of the molecule is Cc1ccc(-c2cc(C)c(N)nn2)cc1. The van der Waals surface area contributed by atoms with E-state index in [4.69, 9.17) is 5.73 Å². The fraction of sp³-hybridized carbons (Fsp3) is 0.167. The van der Waals surface area contributed by atoms with Crippen molar-refractivity contribution in [2.75, 3.05) is 5.73 Å². The van der Waals surface area contributed by atoms with E-state index in [-0.39, 0.29) is 0 Å². The van der Waals surface area contributed by atoms with Crippen LogP contribution in [0.15, 0.2) is 30.3 Å². The van der Waals surface area contributed by atoms with Crippen LogP contribution in [0.4, 0.5) is 5.82 Å². The van der Waals surface area contributed by atoms with Crippen LogP contribution >= 0.6 is 0 Å². The van der Waals surface area contributed by atoms with Gasteiger partial charge in [-0.1, -0.05) is 29.8 Å². The molecule has 0 unspecified atom stereocenters. The number of aromatic nitrogens is 2. The van der Waals surface area contributed by atoms with E-state index in [1.165, 1.54) is 5.56 Å². The molecule has 0 saturated heterocycles. The van der Waals surface area contributed by atoms with Gasteiger partial charge in [-0.25, -0.2) is 0 Å². The van der Waals surface area contributed by atoms with Gasteiger partial charge < -0.3 is 5.73 Å². The summed E-state index contributed by atoms with van der Waals surface area (Å²) in [4.78, 5) is 0. The Kier molecular flexibility index (Phi) is 2.37. The van der Waals surface area contributed by atoms with E-state index in [1.807, 2.05) is 25.1 Å². The monoisotopic (exact) mass is 199 g/mol. The number of aryl methyl sites for hydroxylation is 2. The molecule has 0 spiro atoms. The van der Waals surface area contributed by atoms with Crippen LogP contribution in [0.3, 0.4) is 0 Å². The van der Waals surface area contributed by atoms with Crippen molar-refractivity contribution in [1.82, 2.24) is 10.2 Å². The first-order chi connectivity index (χ1) is 7.16. The first kappa shape index (κ1) is 9.65. The Morgan fingerprint density at radius 2 is 1.67 bits per heavy atom. The second-order valence-corrected chi connectivity index (χ2v) is 3.66. The fourth-order valence-electron chi connectivity index (χ4n) is 1.36. The van der Waals surface area contributed by atoms with Crippen LogP contribution in [0.5, 0.6) is 0 Å². The third kappa shape index (κ3) is 1.96. The van der Waals surface area contributed by atoms with Gasteiger partial charge in [0.25, 0.3) is 0 Å². The molecule has 0 aliphatic heterocycles. The van der Waals surface area contributed by atoms with Crippen molar-refractivity contribution in [1.29, 1.82) is 0 Å². The van der Waals surface area contributed by atoms with Gasteiger partial charge in [-0.15, -0.1) is 10.2 Å². The zero-order chi connectivity index (χ0) is 10.8. The third-order valence-electron chi connectivity index (χ3n) is 2.37. The van der Waals surface area contributed by atoms with E-state index in [9.17, 15) is 0 Å². The molecule has 0 aliphatic rings. The van der Waals surface area contributed by atoms with Crippen LogP contribution in [-0.4, -0.2) is 10.2 Å². The fourth-order valence-corrected chi connectivity index (χ4v) is 1.36. The van der Waals surface area contributed by atoms with Crippen LogP contribution in [0, 0.1) is 13.8 Å². The molecule has 76 valence electrons. The molecular weight excluding hydrogens is 186 g/mol. The van der Waals surface area contributed by atoms with Crippen molar-refractivity contribution < 1.29 is 0 Å². The Balaban J connectivity index is 2.45. The quantitative estimate of drug-likeness (QED) is 0.767. The van der Waals surface area contributed by atoms with Crippen molar-refractivity contribution in [3.05, 3.63) is 41.5 Å². The normalized spacial score (nSPS) is 10.3.